The standard InChI is InChI=1S/C13H10O.C3H8S2/c14-10-11-6-8-13(9-7-11)12-4-2-1-3-5-12;4-2-1-3-5/h1-10H;4-5H,1-3H2. The third-order valence-electron chi connectivity index (χ3n) is 2.47. The molecular formula is C16H18OS2. The van der Waals surface area contributed by atoms with E-state index in [4.69, 9.17) is 0 Å². The average molecular weight is 290 g/mol. The van der Waals surface area contributed by atoms with Gasteiger partial charge in [0.1, 0.15) is 6.29 Å². The molecule has 3 heteroatoms. The molecule has 0 aromatic heterocycles. The highest BCUT2D eigenvalue weighted by atomic mass is 32.1. The molecule has 2 aromatic rings. The molecule has 0 N–H and O–H groups in total. The number of benzene rings is 2. The molecule has 0 heterocycles. The Hall–Kier alpha value is -1.19. The fraction of sp³-hybridized carbons (Fsp3) is 0.188. The van der Waals surface area contributed by atoms with Crippen molar-refractivity contribution < 1.29 is 4.79 Å². The zero-order valence-electron chi connectivity index (χ0n) is 10.7. The zero-order chi connectivity index (χ0) is 13.9. The Kier molecular flexibility index (Phi) is 8.10. The second-order valence-electron chi connectivity index (χ2n) is 3.91. The first-order valence-corrected chi connectivity index (χ1v) is 7.40. The van der Waals surface area contributed by atoms with Gasteiger partial charge >= 0.3 is 0 Å². The summed E-state index contributed by atoms with van der Waals surface area (Å²) in [7, 11) is 0. The van der Waals surface area contributed by atoms with Gasteiger partial charge in [0.15, 0.2) is 0 Å². The number of carbonyl (C=O) groups is 1. The summed E-state index contributed by atoms with van der Waals surface area (Å²) in [6, 6.07) is 17.7. The SMILES string of the molecule is O=Cc1ccc(-c2ccccc2)cc1.SCCCS. The van der Waals surface area contributed by atoms with E-state index in [1.807, 2.05) is 42.5 Å². The van der Waals surface area contributed by atoms with Crippen LogP contribution in [-0.4, -0.2) is 17.8 Å². The van der Waals surface area contributed by atoms with Crippen molar-refractivity contribution in [1.29, 1.82) is 0 Å². The Morgan fingerprint density at radius 3 is 1.74 bits per heavy atom. The van der Waals surface area contributed by atoms with E-state index in [9.17, 15) is 4.79 Å². The fourth-order valence-corrected chi connectivity index (χ4v) is 2.02. The van der Waals surface area contributed by atoms with Crippen LogP contribution in [0.1, 0.15) is 16.8 Å². The van der Waals surface area contributed by atoms with Crippen molar-refractivity contribution >= 4 is 31.5 Å². The first-order chi connectivity index (χ1) is 9.31. The normalized spacial score (nSPS) is 9.37. The van der Waals surface area contributed by atoms with Crippen LogP contribution in [0.3, 0.4) is 0 Å². The first-order valence-electron chi connectivity index (χ1n) is 6.14. The minimum atomic E-state index is 0.713. The summed E-state index contributed by atoms with van der Waals surface area (Å²) in [5.41, 5.74) is 3.02. The van der Waals surface area contributed by atoms with Gasteiger partial charge in [-0.2, -0.15) is 25.3 Å². The number of thiol groups is 2. The van der Waals surface area contributed by atoms with Gasteiger partial charge in [-0.1, -0.05) is 54.6 Å². The van der Waals surface area contributed by atoms with Gasteiger partial charge in [0.25, 0.3) is 0 Å². The quantitative estimate of drug-likeness (QED) is 0.630. The van der Waals surface area contributed by atoms with Crippen molar-refractivity contribution in [2.75, 3.05) is 11.5 Å². The summed E-state index contributed by atoms with van der Waals surface area (Å²) in [6.07, 6.45) is 1.97. The lowest BCUT2D eigenvalue weighted by molar-refractivity contribution is 0.112. The molecule has 19 heavy (non-hydrogen) atoms. The highest BCUT2D eigenvalue weighted by Crippen LogP contribution is 2.18. The fourth-order valence-electron chi connectivity index (χ4n) is 1.46. The van der Waals surface area contributed by atoms with Crippen LogP contribution in [0.2, 0.25) is 0 Å². The Balaban J connectivity index is 0.000000312. The molecule has 0 unspecified atom stereocenters. The van der Waals surface area contributed by atoms with Crippen LogP contribution in [0.15, 0.2) is 54.6 Å². The van der Waals surface area contributed by atoms with Crippen LogP contribution in [-0.2, 0) is 0 Å². The van der Waals surface area contributed by atoms with Crippen molar-refractivity contribution in [1.82, 2.24) is 0 Å². The van der Waals surface area contributed by atoms with Crippen LogP contribution in [0.4, 0.5) is 0 Å². The Morgan fingerprint density at radius 2 is 1.32 bits per heavy atom. The maximum absolute atomic E-state index is 10.5. The molecule has 0 aliphatic carbocycles. The summed E-state index contributed by atoms with van der Waals surface area (Å²) in [4.78, 5) is 10.5. The van der Waals surface area contributed by atoms with Gasteiger partial charge in [-0.25, -0.2) is 0 Å². The van der Waals surface area contributed by atoms with E-state index in [1.54, 1.807) is 0 Å². The number of aldehydes is 1. The minimum Gasteiger partial charge on any atom is -0.298 e. The smallest absolute Gasteiger partial charge is 0.150 e. The third-order valence-corrected chi connectivity index (χ3v) is 3.10. The average Bonchev–Trinajstić information content (AvgIpc) is 2.50. The van der Waals surface area contributed by atoms with E-state index in [-0.39, 0.29) is 0 Å². The number of rotatable bonds is 4. The van der Waals surface area contributed by atoms with Crippen LogP contribution in [0, 0.1) is 0 Å². The molecular weight excluding hydrogens is 272 g/mol. The summed E-state index contributed by atoms with van der Waals surface area (Å²) in [6.45, 7) is 0. The van der Waals surface area contributed by atoms with Crippen molar-refractivity contribution in [2.24, 2.45) is 0 Å². The monoisotopic (exact) mass is 290 g/mol. The van der Waals surface area contributed by atoms with Crippen molar-refractivity contribution in [3.05, 3.63) is 60.2 Å². The molecule has 2 aromatic carbocycles. The van der Waals surface area contributed by atoms with Crippen LogP contribution in [0.25, 0.3) is 11.1 Å². The van der Waals surface area contributed by atoms with E-state index in [0.29, 0.717) is 5.56 Å². The van der Waals surface area contributed by atoms with E-state index in [1.165, 1.54) is 5.56 Å². The van der Waals surface area contributed by atoms with Crippen LogP contribution >= 0.6 is 25.3 Å². The van der Waals surface area contributed by atoms with E-state index >= 15 is 0 Å². The largest absolute Gasteiger partial charge is 0.298 e. The molecule has 2 rings (SSSR count). The van der Waals surface area contributed by atoms with E-state index in [0.717, 1.165) is 29.8 Å². The second-order valence-corrected chi connectivity index (χ2v) is 4.80. The maximum atomic E-state index is 10.5. The van der Waals surface area contributed by atoms with Gasteiger partial charge in [0.2, 0.25) is 0 Å². The van der Waals surface area contributed by atoms with Gasteiger partial charge in [-0.3, -0.25) is 4.79 Å². The van der Waals surface area contributed by atoms with Crippen molar-refractivity contribution in [3.63, 3.8) is 0 Å². The van der Waals surface area contributed by atoms with Gasteiger partial charge in [0.05, 0.1) is 0 Å². The van der Waals surface area contributed by atoms with Crippen LogP contribution in [0.5, 0.6) is 0 Å². The van der Waals surface area contributed by atoms with Gasteiger partial charge in [0, 0.05) is 5.56 Å². The second kappa shape index (κ2) is 9.70. The molecule has 100 valence electrons. The predicted molar refractivity (Wildman–Crippen MR) is 89.6 cm³/mol. The molecule has 0 fully saturated rings. The summed E-state index contributed by atoms with van der Waals surface area (Å²) < 4.78 is 0. The molecule has 0 aliphatic heterocycles. The van der Waals surface area contributed by atoms with Gasteiger partial charge in [-0.15, -0.1) is 0 Å². The van der Waals surface area contributed by atoms with Crippen molar-refractivity contribution in [2.45, 2.75) is 6.42 Å². The molecule has 0 amide bonds. The number of hydrogen-bond acceptors (Lipinski definition) is 3. The summed E-state index contributed by atoms with van der Waals surface area (Å²) >= 11 is 7.90. The predicted octanol–water partition coefficient (Wildman–Crippen LogP) is 4.40. The van der Waals surface area contributed by atoms with E-state index in [2.05, 4.69) is 37.4 Å². The van der Waals surface area contributed by atoms with Gasteiger partial charge < -0.3 is 0 Å². The summed E-state index contributed by atoms with van der Waals surface area (Å²) in [5.74, 6) is 1.92. The Bertz CT molecular complexity index is 464. The van der Waals surface area contributed by atoms with Crippen molar-refractivity contribution in [3.8, 4) is 11.1 Å². The molecule has 0 bridgehead atoms. The molecule has 0 radical (unpaired) electrons. The Labute approximate surface area is 125 Å². The van der Waals surface area contributed by atoms with Crippen LogP contribution < -0.4 is 0 Å². The maximum Gasteiger partial charge on any atom is 0.150 e. The lowest BCUT2D eigenvalue weighted by Gasteiger charge is -2.00. The number of carbonyl (C=O) groups excluding carboxylic acids is 1. The molecule has 0 saturated heterocycles. The highest BCUT2D eigenvalue weighted by molar-refractivity contribution is 7.81. The Morgan fingerprint density at radius 1 is 0.789 bits per heavy atom. The molecule has 0 spiro atoms. The first kappa shape index (κ1) is 15.9. The molecule has 0 saturated carbocycles. The van der Waals surface area contributed by atoms with E-state index < -0.39 is 0 Å². The molecule has 0 aliphatic rings. The third kappa shape index (κ3) is 5.99. The van der Waals surface area contributed by atoms with Gasteiger partial charge in [-0.05, 0) is 29.1 Å². The summed E-state index contributed by atoms with van der Waals surface area (Å²) in [5, 5.41) is 0. The molecule has 0 atom stereocenters. The zero-order valence-corrected chi connectivity index (χ0v) is 12.5. The topological polar surface area (TPSA) is 17.1 Å². The number of hydrogen-bond donors (Lipinski definition) is 2. The minimum absolute atomic E-state index is 0.713. The lowest BCUT2D eigenvalue weighted by atomic mass is 10.0. The highest BCUT2D eigenvalue weighted by Gasteiger charge is 1.95. The lowest BCUT2D eigenvalue weighted by Crippen LogP contribution is -1.80. The molecule has 1 nitrogen and oxygen atoms in total.